The number of hydrogen-bond donors (Lipinski definition) is 1. The second kappa shape index (κ2) is 8.15. The van der Waals surface area contributed by atoms with E-state index in [-0.39, 0.29) is 27.9 Å². The lowest BCUT2D eigenvalue weighted by Crippen LogP contribution is -2.15. The number of carbonyl (C=O) groups excluding carboxylic acids is 1. The van der Waals surface area contributed by atoms with Crippen molar-refractivity contribution in [1.29, 1.82) is 0 Å². The third kappa shape index (κ3) is 4.51. The number of aromatic nitrogens is 4. The van der Waals surface area contributed by atoms with Crippen molar-refractivity contribution >= 4 is 28.0 Å². The fourth-order valence-corrected chi connectivity index (χ4v) is 3.56. The molecule has 4 rings (SSSR count). The highest BCUT2D eigenvalue weighted by molar-refractivity contribution is 7.14. The number of hydrogen-bond acceptors (Lipinski definition) is 6. The molecule has 3 aromatic heterocycles. The zero-order valence-corrected chi connectivity index (χ0v) is 16.8. The van der Waals surface area contributed by atoms with E-state index in [1.807, 2.05) is 0 Å². The van der Waals surface area contributed by atoms with Gasteiger partial charge in [0.15, 0.2) is 16.5 Å². The van der Waals surface area contributed by atoms with E-state index in [0.717, 1.165) is 23.5 Å². The van der Waals surface area contributed by atoms with Crippen molar-refractivity contribution in [3.05, 3.63) is 58.9 Å². The molecule has 1 amide bonds. The predicted octanol–water partition coefficient (Wildman–Crippen LogP) is 5.03. The maximum absolute atomic E-state index is 13.3. The average Bonchev–Trinajstić information content (AvgIpc) is 3.33. The van der Waals surface area contributed by atoms with Crippen LogP contribution in [0.15, 0.2) is 41.8 Å². The minimum atomic E-state index is -4.67. The van der Waals surface area contributed by atoms with Gasteiger partial charge in [0.1, 0.15) is 11.4 Å². The van der Waals surface area contributed by atoms with Gasteiger partial charge in [0.05, 0.1) is 5.69 Å². The SMILES string of the molecule is Cc1cc(C(F)(F)F)n2nc(C(=O)Nc3nc(-c4ccc(OC(F)F)cc4)cs3)cc2n1. The van der Waals surface area contributed by atoms with Gasteiger partial charge in [0.2, 0.25) is 0 Å². The van der Waals surface area contributed by atoms with Crippen LogP contribution in [0.4, 0.5) is 27.1 Å². The Hall–Kier alpha value is -3.61. The number of halogens is 5. The number of amides is 1. The van der Waals surface area contributed by atoms with Gasteiger partial charge < -0.3 is 4.74 Å². The van der Waals surface area contributed by atoms with E-state index in [1.165, 1.54) is 31.2 Å². The molecular formula is C19H12F5N5O2S. The van der Waals surface area contributed by atoms with Crippen LogP contribution in [0, 0.1) is 6.92 Å². The average molecular weight is 469 g/mol. The lowest BCUT2D eigenvalue weighted by atomic mass is 10.2. The number of thiazole rings is 1. The number of anilines is 1. The van der Waals surface area contributed by atoms with Crippen LogP contribution in [0.3, 0.4) is 0 Å². The fraction of sp³-hybridized carbons (Fsp3) is 0.158. The van der Waals surface area contributed by atoms with Gasteiger partial charge in [-0.3, -0.25) is 10.1 Å². The van der Waals surface area contributed by atoms with Crippen molar-refractivity contribution in [1.82, 2.24) is 19.6 Å². The molecule has 166 valence electrons. The van der Waals surface area contributed by atoms with Gasteiger partial charge in [-0.1, -0.05) is 0 Å². The maximum Gasteiger partial charge on any atom is 0.433 e. The van der Waals surface area contributed by atoms with E-state index in [0.29, 0.717) is 15.8 Å². The van der Waals surface area contributed by atoms with E-state index < -0.39 is 24.4 Å². The van der Waals surface area contributed by atoms with Crippen molar-refractivity contribution in [2.75, 3.05) is 5.32 Å². The highest BCUT2D eigenvalue weighted by Gasteiger charge is 2.35. The fourth-order valence-electron chi connectivity index (χ4n) is 2.85. The summed E-state index contributed by atoms with van der Waals surface area (Å²) in [6.07, 6.45) is -4.67. The van der Waals surface area contributed by atoms with Gasteiger partial charge in [0.25, 0.3) is 5.91 Å². The highest BCUT2D eigenvalue weighted by atomic mass is 32.1. The van der Waals surface area contributed by atoms with Gasteiger partial charge in [-0.25, -0.2) is 14.5 Å². The minimum absolute atomic E-state index is 0.0126. The molecule has 0 aliphatic carbocycles. The summed E-state index contributed by atoms with van der Waals surface area (Å²) in [5.74, 6) is -0.774. The Morgan fingerprint density at radius 3 is 2.53 bits per heavy atom. The molecule has 0 saturated carbocycles. The second-order valence-electron chi connectivity index (χ2n) is 6.48. The molecule has 0 saturated heterocycles. The normalized spacial score (nSPS) is 11.8. The van der Waals surface area contributed by atoms with Crippen LogP contribution >= 0.6 is 11.3 Å². The first kappa shape index (κ1) is 21.6. The smallest absolute Gasteiger partial charge is 0.433 e. The molecule has 0 radical (unpaired) electrons. The molecule has 0 atom stereocenters. The molecule has 0 fully saturated rings. The number of aryl methyl sites for hydroxylation is 1. The van der Waals surface area contributed by atoms with Crippen LogP contribution < -0.4 is 10.1 Å². The van der Waals surface area contributed by atoms with Gasteiger partial charge in [-0.2, -0.15) is 27.1 Å². The summed E-state index contributed by atoms with van der Waals surface area (Å²) in [6, 6.07) is 7.73. The van der Waals surface area contributed by atoms with E-state index >= 15 is 0 Å². The lowest BCUT2D eigenvalue weighted by molar-refractivity contribution is -0.142. The number of fused-ring (bicyclic) bond motifs is 1. The largest absolute Gasteiger partial charge is 0.435 e. The number of carbonyl (C=O) groups is 1. The van der Waals surface area contributed by atoms with Crippen molar-refractivity contribution in [3.8, 4) is 17.0 Å². The molecule has 13 heteroatoms. The first-order valence-corrected chi connectivity index (χ1v) is 9.75. The van der Waals surface area contributed by atoms with Gasteiger partial charge in [0, 0.05) is 22.7 Å². The van der Waals surface area contributed by atoms with E-state index in [4.69, 9.17) is 0 Å². The van der Waals surface area contributed by atoms with Crippen molar-refractivity contribution in [2.45, 2.75) is 19.7 Å². The molecule has 0 unspecified atom stereocenters. The number of alkyl halides is 5. The number of benzene rings is 1. The molecule has 1 aromatic carbocycles. The Morgan fingerprint density at radius 2 is 1.88 bits per heavy atom. The topological polar surface area (TPSA) is 81.4 Å². The first-order chi connectivity index (χ1) is 15.1. The summed E-state index contributed by atoms with van der Waals surface area (Å²) in [5.41, 5.74) is -0.250. The van der Waals surface area contributed by atoms with Gasteiger partial charge in [-0.15, -0.1) is 11.3 Å². The van der Waals surface area contributed by atoms with Crippen LogP contribution in [0.2, 0.25) is 0 Å². The Bertz CT molecular complexity index is 1280. The summed E-state index contributed by atoms with van der Waals surface area (Å²) in [4.78, 5) is 20.7. The van der Waals surface area contributed by atoms with Gasteiger partial charge in [-0.05, 0) is 37.3 Å². The van der Waals surface area contributed by atoms with Crippen LogP contribution in [0.25, 0.3) is 16.9 Å². The molecule has 1 N–H and O–H groups in total. The minimum Gasteiger partial charge on any atom is -0.435 e. The molecule has 0 bridgehead atoms. The van der Waals surface area contributed by atoms with Crippen molar-refractivity contribution in [2.24, 2.45) is 0 Å². The number of nitrogens with zero attached hydrogens (tertiary/aromatic N) is 4. The van der Waals surface area contributed by atoms with Crippen LogP contribution in [-0.4, -0.2) is 32.1 Å². The molecule has 4 aromatic rings. The Kier molecular flexibility index (Phi) is 5.50. The monoisotopic (exact) mass is 469 g/mol. The quantitative estimate of drug-likeness (QED) is 0.415. The lowest BCUT2D eigenvalue weighted by Gasteiger charge is -2.08. The summed E-state index contributed by atoms with van der Waals surface area (Å²) in [7, 11) is 0. The third-order valence-electron chi connectivity index (χ3n) is 4.18. The second-order valence-corrected chi connectivity index (χ2v) is 7.33. The van der Waals surface area contributed by atoms with Gasteiger partial charge >= 0.3 is 12.8 Å². The summed E-state index contributed by atoms with van der Waals surface area (Å²) in [6.45, 7) is -1.53. The Balaban J connectivity index is 1.54. The van der Waals surface area contributed by atoms with E-state index in [9.17, 15) is 26.7 Å². The number of nitrogens with one attached hydrogen (secondary N) is 1. The summed E-state index contributed by atoms with van der Waals surface area (Å²) in [5, 5.41) is 8.01. The van der Waals surface area contributed by atoms with E-state index in [2.05, 4.69) is 25.1 Å². The molecule has 0 spiro atoms. The van der Waals surface area contributed by atoms with Crippen LogP contribution in [-0.2, 0) is 6.18 Å². The predicted molar refractivity (Wildman–Crippen MR) is 105 cm³/mol. The summed E-state index contributed by atoms with van der Waals surface area (Å²) >= 11 is 1.07. The third-order valence-corrected chi connectivity index (χ3v) is 4.94. The molecule has 3 heterocycles. The Morgan fingerprint density at radius 1 is 1.16 bits per heavy atom. The van der Waals surface area contributed by atoms with Crippen LogP contribution in [0.1, 0.15) is 21.9 Å². The number of rotatable bonds is 5. The van der Waals surface area contributed by atoms with E-state index in [1.54, 1.807) is 5.38 Å². The zero-order chi connectivity index (χ0) is 23.0. The standard InChI is InChI=1S/C19H12F5N5O2S/c1-9-6-14(19(22,23)24)29-15(25-9)7-12(28-29)16(30)27-18-26-13(8-32-18)10-2-4-11(5-3-10)31-17(20)21/h2-8,17H,1H3,(H,26,27,30). The van der Waals surface area contributed by atoms with Crippen LogP contribution in [0.5, 0.6) is 5.75 Å². The van der Waals surface area contributed by atoms with Crippen molar-refractivity contribution in [3.63, 3.8) is 0 Å². The summed E-state index contributed by atoms with van der Waals surface area (Å²) < 4.78 is 69.1. The molecule has 0 aliphatic heterocycles. The zero-order valence-electron chi connectivity index (χ0n) is 16.0. The maximum atomic E-state index is 13.3. The molecule has 7 nitrogen and oxygen atoms in total. The molecular weight excluding hydrogens is 457 g/mol. The highest BCUT2D eigenvalue weighted by Crippen LogP contribution is 2.30. The first-order valence-electron chi connectivity index (χ1n) is 8.87. The van der Waals surface area contributed by atoms with Crippen molar-refractivity contribution < 1.29 is 31.5 Å². The number of ether oxygens (including phenoxy) is 1. The molecule has 32 heavy (non-hydrogen) atoms. The Labute approximate surface area is 180 Å². The molecule has 0 aliphatic rings.